The number of pyridine rings is 1. The van der Waals surface area contributed by atoms with Gasteiger partial charge in [-0.05, 0) is 67.3 Å². The predicted octanol–water partition coefficient (Wildman–Crippen LogP) is 3.03. The van der Waals surface area contributed by atoms with Crippen molar-refractivity contribution in [1.82, 2.24) is 20.1 Å². The van der Waals surface area contributed by atoms with Crippen molar-refractivity contribution in [3.63, 3.8) is 0 Å². The van der Waals surface area contributed by atoms with Gasteiger partial charge in [0, 0.05) is 44.4 Å². The Morgan fingerprint density at radius 3 is 2.55 bits per heavy atom. The van der Waals surface area contributed by atoms with Gasteiger partial charge in [-0.3, -0.25) is 29.6 Å². The Labute approximate surface area is 234 Å². The second kappa shape index (κ2) is 12.8. The van der Waals surface area contributed by atoms with Crippen molar-refractivity contribution in [3.8, 4) is 5.75 Å². The molecule has 0 bridgehead atoms. The summed E-state index contributed by atoms with van der Waals surface area (Å²) in [6, 6.07) is 21.1. The molecular formula is C31H35N5O4. The highest BCUT2D eigenvalue weighted by Crippen LogP contribution is 2.31. The second-order valence-electron chi connectivity index (χ2n) is 10.3. The Morgan fingerprint density at radius 1 is 1.00 bits per heavy atom. The Hall–Kier alpha value is -4.08. The quantitative estimate of drug-likeness (QED) is 0.461. The van der Waals surface area contributed by atoms with Crippen LogP contribution in [-0.2, 0) is 29.2 Å². The average Bonchev–Trinajstić information content (AvgIpc) is 3.29. The molecule has 3 N–H and O–H groups in total. The molecular weight excluding hydrogens is 506 g/mol. The molecule has 9 nitrogen and oxygen atoms in total. The number of nitrogens with zero attached hydrogens (tertiary/aromatic N) is 3. The molecule has 0 spiro atoms. The number of hydrogen-bond donors (Lipinski definition) is 2. The lowest BCUT2D eigenvalue weighted by Gasteiger charge is -2.33. The Balaban J connectivity index is 0.000000348. The molecule has 3 aliphatic rings. The topological polar surface area (TPSA) is 118 Å². The van der Waals surface area contributed by atoms with Gasteiger partial charge in [0.15, 0.2) is 0 Å². The van der Waals surface area contributed by atoms with Crippen LogP contribution in [0.1, 0.15) is 52.9 Å². The first-order valence-corrected chi connectivity index (χ1v) is 13.8. The van der Waals surface area contributed by atoms with Crippen LogP contribution in [-0.4, -0.2) is 57.7 Å². The van der Waals surface area contributed by atoms with E-state index in [-0.39, 0.29) is 30.2 Å². The van der Waals surface area contributed by atoms with Crippen LogP contribution in [0.2, 0.25) is 0 Å². The van der Waals surface area contributed by atoms with Crippen LogP contribution in [0.3, 0.4) is 0 Å². The number of rotatable bonds is 6. The molecule has 6 rings (SSSR count). The molecule has 2 unspecified atom stereocenters. The van der Waals surface area contributed by atoms with E-state index < -0.39 is 6.04 Å². The highest BCUT2D eigenvalue weighted by atomic mass is 16.5. The maximum Gasteiger partial charge on any atom is 0.255 e. The predicted molar refractivity (Wildman–Crippen MR) is 150 cm³/mol. The zero-order chi connectivity index (χ0) is 27.9. The third kappa shape index (κ3) is 6.73. The van der Waals surface area contributed by atoms with Crippen LogP contribution in [0.5, 0.6) is 5.75 Å². The Bertz CT molecular complexity index is 1330. The number of nitrogens with two attached hydrogens (primary N) is 1. The number of amides is 3. The average molecular weight is 542 g/mol. The van der Waals surface area contributed by atoms with Crippen LogP contribution >= 0.6 is 0 Å². The SMILES string of the molecule is NCc1ccccn1.O=C1CCC(N2Cc3cc(OC4CCCN(Cc5ccccc5)C4)ccc3C2=O)C(=O)N1. The molecule has 2 aromatic carbocycles. The summed E-state index contributed by atoms with van der Waals surface area (Å²) in [5, 5.41) is 2.34. The van der Waals surface area contributed by atoms with E-state index in [0.717, 1.165) is 49.5 Å². The lowest BCUT2D eigenvalue weighted by Crippen LogP contribution is -2.52. The summed E-state index contributed by atoms with van der Waals surface area (Å²) in [6.07, 6.45) is 4.56. The summed E-state index contributed by atoms with van der Waals surface area (Å²) in [4.78, 5) is 44.5. The van der Waals surface area contributed by atoms with E-state index in [1.54, 1.807) is 17.2 Å². The first kappa shape index (κ1) is 27.5. The number of carbonyl (C=O) groups is 3. The van der Waals surface area contributed by atoms with Crippen LogP contribution in [0, 0.1) is 0 Å². The molecule has 4 heterocycles. The summed E-state index contributed by atoms with van der Waals surface area (Å²) < 4.78 is 6.30. The summed E-state index contributed by atoms with van der Waals surface area (Å²) in [5.41, 5.74) is 9.01. The van der Waals surface area contributed by atoms with Crippen molar-refractivity contribution >= 4 is 17.7 Å². The zero-order valence-electron chi connectivity index (χ0n) is 22.5. The number of likely N-dealkylation sites (tertiary alicyclic amines) is 1. The third-order valence-corrected chi connectivity index (χ3v) is 7.44. The van der Waals surface area contributed by atoms with Gasteiger partial charge in [-0.2, -0.15) is 0 Å². The van der Waals surface area contributed by atoms with Gasteiger partial charge >= 0.3 is 0 Å². The maximum atomic E-state index is 12.9. The van der Waals surface area contributed by atoms with E-state index >= 15 is 0 Å². The molecule has 2 atom stereocenters. The summed E-state index contributed by atoms with van der Waals surface area (Å²) in [6.45, 7) is 3.74. The van der Waals surface area contributed by atoms with E-state index in [1.807, 2.05) is 36.4 Å². The smallest absolute Gasteiger partial charge is 0.255 e. The Morgan fingerprint density at radius 2 is 1.82 bits per heavy atom. The molecule has 2 fully saturated rings. The molecule has 9 heteroatoms. The number of hydrogen-bond acceptors (Lipinski definition) is 7. The van der Waals surface area contributed by atoms with Crippen molar-refractivity contribution in [1.29, 1.82) is 0 Å². The minimum absolute atomic E-state index is 0.105. The van der Waals surface area contributed by atoms with E-state index in [0.29, 0.717) is 25.1 Å². The normalized spacial score (nSPS) is 20.8. The van der Waals surface area contributed by atoms with E-state index in [4.69, 9.17) is 10.5 Å². The molecule has 0 aliphatic carbocycles. The first-order chi connectivity index (χ1) is 19.5. The van der Waals surface area contributed by atoms with Gasteiger partial charge in [0.25, 0.3) is 5.91 Å². The second-order valence-corrected chi connectivity index (χ2v) is 10.3. The summed E-state index contributed by atoms with van der Waals surface area (Å²) in [5.74, 6) is -0.0690. The fraction of sp³-hybridized carbons (Fsp3) is 0.355. The molecule has 3 aliphatic heterocycles. The number of benzene rings is 2. The van der Waals surface area contributed by atoms with Crippen molar-refractivity contribution in [3.05, 3.63) is 95.3 Å². The highest BCUT2D eigenvalue weighted by molar-refractivity contribution is 6.05. The number of carbonyl (C=O) groups excluding carboxylic acids is 3. The molecule has 40 heavy (non-hydrogen) atoms. The van der Waals surface area contributed by atoms with Crippen LogP contribution in [0.25, 0.3) is 0 Å². The summed E-state index contributed by atoms with van der Waals surface area (Å²) in [7, 11) is 0. The van der Waals surface area contributed by atoms with Crippen LogP contribution in [0.4, 0.5) is 0 Å². The molecule has 3 amide bonds. The van der Waals surface area contributed by atoms with Crippen molar-refractivity contribution in [2.45, 2.75) is 57.5 Å². The van der Waals surface area contributed by atoms with Gasteiger partial charge in [0.2, 0.25) is 11.8 Å². The highest BCUT2D eigenvalue weighted by Gasteiger charge is 2.39. The lowest BCUT2D eigenvalue weighted by molar-refractivity contribution is -0.136. The minimum atomic E-state index is -0.596. The third-order valence-electron chi connectivity index (χ3n) is 7.44. The van der Waals surface area contributed by atoms with E-state index in [2.05, 4.69) is 39.5 Å². The fourth-order valence-corrected chi connectivity index (χ4v) is 5.43. The fourth-order valence-electron chi connectivity index (χ4n) is 5.43. The van der Waals surface area contributed by atoms with Crippen molar-refractivity contribution in [2.75, 3.05) is 13.1 Å². The van der Waals surface area contributed by atoms with Gasteiger partial charge in [-0.15, -0.1) is 0 Å². The number of nitrogens with one attached hydrogen (secondary N) is 1. The standard InChI is InChI=1S/C25H27N3O4.C6H8N2/c29-23-11-10-22(24(30)26-23)28-15-18-13-19(8-9-21(18)25(28)31)32-20-7-4-12-27(16-20)14-17-5-2-1-3-6-17;7-5-6-3-1-2-4-8-6/h1-3,5-6,8-9,13,20,22H,4,7,10-12,14-16H2,(H,26,29,30);1-4H,5,7H2. The van der Waals surface area contributed by atoms with Gasteiger partial charge in [-0.1, -0.05) is 36.4 Å². The van der Waals surface area contributed by atoms with Gasteiger partial charge in [0.1, 0.15) is 17.9 Å². The van der Waals surface area contributed by atoms with Crippen molar-refractivity contribution < 1.29 is 19.1 Å². The maximum absolute atomic E-state index is 12.9. The molecule has 208 valence electrons. The Kier molecular flexibility index (Phi) is 8.83. The molecule has 2 saturated heterocycles. The van der Waals surface area contributed by atoms with Gasteiger partial charge < -0.3 is 15.4 Å². The first-order valence-electron chi connectivity index (χ1n) is 13.8. The number of aromatic nitrogens is 1. The number of piperidine rings is 2. The van der Waals surface area contributed by atoms with Crippen LogP contribution < -0.4 is 15.8 Å². The van der Waals surface area contributed by atoms with E-state index in [9.17, 15) is 14.4 Å². The number of fused-ring (bicyclic) bond motifs is 1. The molecule has 1 aromatic heterocycles. The monoisotopic (exact) mass is 541 g/mol. The van der Waals surface area contributed by atoms with Gasteiger partial charge in [0.05, 0.1) is 5.69 Å². The largest absolute Gasteiger partial charge is 0.489 e. The lowest BCUT2D eigenvalue weighted by atomic mass is 10.0. The molecule has 0 saturated carbocycles. The minimum Gasteiger partial charge on any atom is -0.489 e. The van der Waals surface area contributed by atoms with Crippen LogP contribution in [0.15, 0.2) is 72.9 Å². The zero-order valence-corrected chi connectivity index (χ0v) is 22.5. The molecule has 3 aromatic rings. The molecule has 0 radical (unpaired) electrons. The number of imide groups is 1. The summed E-state index contributed by atoms with van der Waals surface area (Å²) >= 11 is 0. The van der Waals surface area contributed by atoms with Gasteiger partial charge in [-0.25, -0.2) is 0 Å². The van der Waals surface area contributed by atoms with E-state index in [1.165, 1.54) is 5.56 Å². The number of ether oxygens (including phenoxy) is 1. The van der Waals surface area contributed by atoms with Crippen molar-refractivity contribution in [2.24, 2.45) is 5.73 Å².